The van der Waals surface area contributed by atoms with Crippen LogP contribution in [0.1, 0.15) is 58.7 Å². The van der Waals surface area contributed by atoms with Gasteiger partial charge in [-0.15, -0.1) is 11.3 Å². The van der Waals surface area contributed by atoms with Crippen LogP contribution in [0.5, 0.6) is 0 Å². The van der Waals surface area contributed by atoms with Crippen LogP contribution in [0.25, 0.3) is 5.13 Å². The van der Waals surface area contributed by atoms with E-state index in [1.807, 2.05) is 42.0 Å². The van der Waals surface area contributed by atoms with Crippen molar-refractivity contribution in [3.63, 3.8) is 0 Å². The van der Waals surface area contributed by atoms with Crippen LogP contribution in [0.2, 0.25) is 0 Å². The zero-order valence-electron chi connectivity index (χ0n) is 16.2. The lowest BCUT2D eigenvalue weighted by molar-refractivity contribution is 0.0950. The largest absolute Gasteiger partial charge is 0.350 e. The Morgan fingerprint density at radius 2 is 1.89 bits per heavy atom. The number of nitrogens with two attached hydrogens (primary N) is 1. The molecule has 3 N–H and O–H groups in total. The van der Waals surface area contributed by atoms with Gasteiger partial charge < -0.3 is 11.1 Å². The van der Waals surface area contributed by atoms with Crippen molar-refractivity contribution >= 4 is 17.2 Å². The molecule has 0 radical (unpaired) electrons. The number of hydrogen-bond acceptors (Lipinski definition) is 4. The third-order valence-corrected chi connectivity index (χ3v) is 5.56. The normalized spacial score (nSPS) is 12.4. The molecule has 1 unspecified atom stereocenters. The molecule has 2 heterocycles. The van der Waals surface area contributed by atoms with Crippen molar-refractivity contribution in [1.82, 2.24) is 14.9 Å². The summed E-state index contributed by atoms with van der Waals surface area (Å²) in [6.07, 6.45) is 1.77. The van der Waals surface area contributed by atoms with E-state index in [2.05, 4.69) is 36.3 Å². The summed E-state index contributed by atoms with van der Waals surface area (Å²) in [5.74, 6) is 0.378. The van der Waals surface area contributed by atoms with Gasteiger partial charge in [0.1, 0.15) is 0 Å². The standard InChI is InChI=1S/C21H26N4OS/c1-13(2)16-5-7-17(8-6-16)19(22)12-24-20(26)18-11-14(3)25(15(18)4)21-23-9-10-27-21/h5-11,13,19H,12,22H2,1-4H3,(H,24,26). The maximum absolute atomic E-state index is 12.7. The second kappa shape index (κ2) is 8.06. The van der Waals surface area contributed by atoms with Gasteiger partial charge in [0, 0.05) is 35.6 Å². The van der Waals surface area contributed by atoms with Crippen molar-refractivity contribution in [1.29, 1.82) is 0 Å². The first-order chi connectivity index (χ1) is 12.9. The highest BCUT2D eigenvalue weighted by Gasteiger charge is 2.18. The minimum absolute atomic E-state index is 0.111. The van der Waals surface area contributed by atoms with Crippen LogP contribution in [0, 0.1) is 13.8 Å². The molecule has 1 aromatic carbocycles. The third kappa shape index (κ3) is 4.12. The van der Waals surface area contributed by atoms with E-state index in [0.29, 0.717) is 18.0 Å². The van der Waals surface area contributed by atoms with E-state index in [4.69, 9.17) is 5.73 Å². The molecule has 0 fully saturated rings. The number of amides is 1. The number of nitrogens with zero attached hydrogens (tertiary/aromatic N) is 2. The lowest BCUT2D eigenvalue weighted by Gasteiger charge is -2.15. The highest BCUT2D eigenvalue weighted by molar-refractivity contribution is 7.12. The van der Waals surface area contributed by atoms with Crippen LogP contribution >= 0.6 is 11.3 Å². The van der Waals surface area contributed by atoms with Crippen molar-refractivity contribution in [2.24, 2.45) is 5.73 Å². The van der Waals surface area contributed by atoms with E-state index in [0.717, 1.165) is 22.1 Å². The Morgan fingerprint density at radius 1 is 1.22 bits per heavy atom. The van der Waals surface area contributed by atoms with E-state index >= 15 is 0 Å². The second-order valence-electron chi connectivity index (χ2n) is 7.07. The zero-order valence-corrected chi connectivity index (χ0v) is 17.0. The summed E-state index contributed by atoms with van der Waals surface area (Å²) in [6, 6.07) is 9.94. The Morgan fingerprint density at radius 3 is 2.48 bits per heavy atom. The molecule has 3 rings (SSSR count). The Kier molecular flexibility index (Phi) is 5.77. The average molecular weight is 383 g/mol. The number of aryl methyl sites for hydroxylation is 1. The van der Waals surface area contributed by atoms with Gasteiger partial charge in [0.05, 0.1) is 5.56 Å². The van der Waals surface area contributed by atoms with Crippen LogP contribution in [0.3, 0.4) is 0 Å². The van der Waals surface area contributed by atoms with Crippen LogP contribution in [-0.2, 0) is 0 Å². The molecule has 5 nitrogen and oxygen atoms in total. The Labute approximate surface area is 164 Å². The van der Waals surface area contributed by atoms with E-state index in [-0.39, 0.29) is 11.9 Å². The number of hydrogen-bond donors (Lipinski definition) is 2. The number of benzene rings is 1. The first-order valence-electron chi connectivity index (χ1n) is 9.11. The summed E-state index contributed by atoms with van der Waals surface area (Å²) in [5.41, 5.74) is 11.1. The molecule has 1 amide bonds. The fourth-order valence-corrected chi connectivity index (χ4v) is 3.91. The van der Waals surface area contributed by atoms with Crippen LogP contribution < -0.4 is 11.1 Å². The highest BCUT2D eigenvalue weighted by atomic mass is 32.1. The van der Waals surface area contributed by atoms with Crippen LogP contribution in [0.4, 0.5) is 0 Å². The van der Waals surface area contributed by atoms with Gasteiger partial charge in [-0.3, -0.25) is 9.36 Å². The second-order valence-corrected chi connectivity index (χ2v) is 7.95. The molecule has 1 atom stereocenters. The van der Waals surface area contributed by atoms with Gasteiger partial charge in [0.25, 0.3) is 5.91 Å². The molecule has 0 saturated heterocycles. The zero-order chi connectivity index (χ0) is 19.6. The molecule has 0 aliphatic carbocycles. The topological polar surface area (TPSA) is 72.9 Å². The maximum atomic E-state index is 12.7. The summed E-state index contributed by atoms with van der Waals surface area (Å²) in [5, 5.41) is 5.76. The monoisotopic (exact) mass is 382 g/mol. The number of nitrogens with one attached hydrogen (secondary N) is 1. The molecule has 6 heteroatoms. The van der Waals surface area contributed by atoms with Crippen molar-refractivity contribution in [2.45, 2.75) is 39.7 Å². The smallest absolute Gasteiger partial charge is 0.253 e. The first kappa shape index (κ1) is 19.3. The fourth-order valence-electron chi connectivity index (χ4n) is 3.16. The molecule has 2 aromatic heterocycles. The van der Waals surface area contributed by atoms with Crippen LogP contribution in [-0.4, -0.2) is 22.0 Å². The molecule has 0 saturated carbocycles. The van der Waals surface area contributed by atoms with Gasteiger partial charge in [-0.1, -0.05) is 38.1 Å². The lowest BCUT2D eigenvalue weighted by Crippen LogP contribution is -2.32. The van der Waals surface area contributed by atoms with Gasteiger partial charge in [0.2, 0.25) is 0 Å². The first-order valence-corrected chi connectivity index (χ1v) is 9.99. The Bertz CT molecular complexity index is 911. The molecule has 0 aliphatic rings. The number of aromatic nitrogens is 2. The Hall–Kier alpha value is -2.44. The molecular weight excluding hydrogens is 356 g/mol. The van der Waals surface area contributed by atoms with Crippen molar-refractivity contribution in [3.05, 3.63) is 70.0 Å². The van der Waals surface area contributed by atoms with Gasteiger partial charge >= 0.3 is 0 Å². The quantitative estimate of drug-likeness (QED) is 0.674. The summed E-state index contributed by atoms with van der Waals surface area (Å²) in [4.78, 5) is 17.0. The maximum Gasteiger partial charge on any atom is 0.253 e. The molecular formula is C21H26N4OS. The number of carbonyl (C=O) groups excluding carboxylic acids is 1. The SMILES string of the molecule is Cc1cc(C(=O)NCC(N)c2ccc(C(C)C)cc2)c(C)n1-c1nccs1. The third-order valence-electron chi connectivity index (χ3n) is 4.80. The predicted molar refractivity (Wildman–Crippen MR) is 111 cm³/mol. The fraction of sp³-hybridized carbons (Fsp3) is 0.333. The Balaban J connectivity index is 1.68. The molecule has 3 aromatic rings. The van der Waals surface area contributed by atoms with Crippen molar-refractivity contribution in [2.75, 3.05) is 6.54 Å². The van der Waals surface area contributed by atoms with Gasteiger partial charge in [0.15, 0.2) is 5.13 Å². The summed E-state index contributed by atoms with van der Waals surface area (Å²) < 4.78 is 2.00. The lowest BCUT2D eigenvalue weighted by atomic mass is 9.99. The minimum Gasteiger partial charge on any atom is -0.350 e. The number of rotatable bonds is 6. The van der Waals surface area contributed by atoms with Crippen LogP contribution in [0.15, 0.2) is 41.9 Å². The van der Waals surface area contributed by atoms with E-state index in [1.54, 1.807) is 17.5 Å². The predicted octanol–water partition coefficient (Wildman–Crippen LogP) is 4.10. The summed E-state index contributed by atoms with van der Waals surface area (Å²) >= 11 is 1.55. The summed E-state index contributed by atoms with van der Waals surface area (Å²) in [6.45, 7) is 8.64. The van der Waals surface area contributed by atoms with E-state index < -0.39 is 0 Å². The molecule has 27 heavy (non-hydrogen) atoms. The minimum atomic E-state index is -0.238. The molecule has 0 aliphatic heterocycles. The number of carbonyl (C=O) groups is 1. The highest BCUT2D eigenvalue weighted by Crippen LogP contribution is 2.22. The van der Waals surface area contributed by atoms with Gasteiger partial charge in [-0.05, 0) is 37.0 Å². The summed E-state index contributed by atoms with van der Waals surface area (Å²) in [7, 11) is 0. The molecule has 142 valence electrons. The number of thiazole rings is 1. The molecule has 0 spiro atoms. The van der Waals surface area contributed by atoms with Crippen molar-refractivity contribution < 1.29 is 4.79 Å². The van der Waals surface area contributed by atoms with E-state index in [1.165, 1.54) is 5.56 Å². The van der Waals surface area contributed by atoms with Gasteiger partial charge in [-0.2, -0.15) is 0 Å². The van der Waals surface area contributed by atoms with E-state index in [9.17, 15) is 4.79 Å². The van der Waals surface area contributed by atoms with Gasteiger partial charge in [-0.25, -0.2) is 4.98 Å². The van der Waals surface area contributed by atoms with Crippen molar-refractivity contribution in [3.8, 4) is 5.13 Å². The molecule has 0 bridgehead atoms. The average Bonchev–Trinajstić information content (AvgIpc) is 3.27.